The van der Waals surface area contributed by atoms with E-state index in [-0.39, 0.29) is 18.5 Å². The number of hydrogen-bond donors (Lipinski definition) is 3. The van der Waals surface area contributed by atoms with Gasteiger partial charge in [0.25, 0.3) is 0 Å². The van der Waals surface area contributed by atoms with Crippen LogP contribution in [0.15, 0.2) is 36.5 Å². The highest BCUT2D eigenvalue weighted by Crippen LogP contribution is 2.17. The molecule has 2 unspecified atom stereocenters. The fourth-order valence-corrected chi connectivity index (χ4v) is 10.3. The van der Waals surface area contributed by atoms with E-state index < -0.39 is 12.1 Å². The largest absolute Gasteiger partial charge is 0.466 e. The van der Waals surface area contributed by atoms with Gasteiger partial charge < -0.3 is 20.3 Å². The summed E-state index contributed by atoms with van der Waals surface area (Å²) in [7, 11) is 0. The zero-order chi connectivity index (χ0) is 53.6. The first-order valence-electron chi connectivity index (χ1n) is 33.3. The van der Waals surface area contributed by atoms with Gasteiger partial charge in [-0.25, -0.2) is 0 Å². The molecule has 0 aromatic heterocycles. The third kappa shape index (κ3) is 59.3. The van der Waals surface area contributed by atoms with Crippen molar-refractivity contribution in [3.63, 3.8) is 0 Å². The van der Waals surface area contributed by atoms with E-state index in [0.717, 1.165) is 44.9 Å². The lowest BCUT2D eigenvalue weighted by Gasteiger charge is -2.20. The summed E-state index contributed by atoms with van der Waals surface area (Å²) in [5.74, 6) is -0.0603. The lowest BCUT2D eigenvalue weighted by atomic mass is 10.0. The van der Waals surface area contributed by atoms with Gasteiger partial charge >= 0.3 is 5.97 Å². The molecule has 6 heteroatoms. The quantitative estimate of drug-likeness (QED) is 0.0320. The number of hydrogen-bond acceptors (Lipinski definition) is 5. The Labute approximate surface area is 462 Å². The van der Waals surface area contributed by atoms with Gasteiger partial charge in [-0.3, -0.25) is 9.59 Å². The van der Waals surface area contributed by atoms with Crippen LogP contribution in [0.3, 0.4) is 0 Å². The second-order valence-electron chi connectivity index (χ2n) is 22.8. The first-order chi connectivity index (χ1) is 36.5. The minimum Gasteiger partial charge on any atom is -0.466 e. The molecule has 0 fully saturated rings. The summed E-state index contributed by atoms with van der Waals surface area (Å²) in [4.78, 5) is 24.5. The van der Waals surface area contributed by atoms with Crippen LogP contribution in [0, 0.1) is 0 Å². The fourth-order valence-electron chi connectivity index (χ4n) is 10.3. The van der Waals surface area contributed by atoms with E-state index >= 15 is 0 Å². The Morgan fingerprint density at radius 2 is 0.635 bits per heavy atom. The average Bonchev–Trinajstić information content (AvgIpc) is 3.40. The monoisotopic (exact) mass is 1040 g/mol. The third-order valence-electron chi connectivity index (χ3n) is 15.4. The Hall–Kier alpha value is -1.92. The number of carbonyl (C=O) groups excluding carboxylic acids is 2. The van der Waals surface area contributed by atoms with Crippen molar-refractivity contribution < 1.29 is 24.5 Å². The molecule has 0 bridgehead atoms. The molecule has 436 valence electrons. The molecule has 0 heterocycles. The van der Waals surface area contributed by atoms with Gasteiger partial charge in [-0.1, -0.05) is 301 Å². The van der Waals surface area contributed by atoms with Crippen molar-refractivity contribution in [3.05, 3.63) is 36.5 Å². The zero-order valence-corrected chi connectivity index (χ0v) is 49.8. The van der Waals surface area contributed by atoms with Gasteiger partial charge in [-0.15, -0.1) is 0 Å². The minimum atomic E-state index is -0.845. The predicted molar refractivity (Wildman–Crippen MR) is 324 cm³/mol. The normalized spacial score (nSPS) is 12.8. The summed E-state index contributed by atoms with van der Waals surface area (Å²) in [5, 5.41) is 23.1. The molecule has 74 heavy (non-hydrogen) atoms. The van der Waals surface area contributed by atoms with Crippen LogP contribution in [0.4, 0.5) is 0 Å². The van der Waals surface area contributed by atoms with Gasteiger partial charge in [0, 0.05) is 12.8 Å². The van der Waals surface area contributed by atoms with Crippen LogP contribution in [-0.2, 0) is 14.3 Å². The summed E-state index contributed by atoms with van der Waals surface area (Å²) in [6, 6.07) is -0.628. The van der Waals surface area contributed by atoms with Crippen molar-refractivity contribution in [3.8, 4) is 0 Å². The van der Waals surface area contributed by atoms with Crippen LogP contribution in [0.25, 0.3) is 0 Å². The number of unbranched alkanes of at least 4 members (excludes halogenated alkanes) is 47. The highest BCUT2D eigenvalue weighted by Gasteiger charge is 2.18. The number of carbonyl (C=O) groups is 2. The van der Waals surface area contributed by atoms with E-state index in [2.05, 4.69) is 43.5 Å². The second kappa shape index (κ2) is 63.6. The van der Waals surface area contributed by atoms with E-state index in [1.54, 1.807) is 6.08 Å². The minimum absolute atomic E-state index is 0.00696. The third-order valence-corrected chi connectivity index (χ3v) is 15.4. The zero-order valence-electron chi connectivity index (χ0n) is 49.8. The summed E-state index contributed by atoms with van der Waals surface area (Å²) in [6.07, 6.45) is 80.6. The van der Waals surface area contributed by atoms with Gasteiger partial charge in [0.05, 0.1) is 25.4 Å². The van der Waals surface area contributed by atoms with Gasteiger partial charge in [-0.2, -0.15) is 0 Å². The van der Waals surface area contributed by atoms with Gasteiger partial charge in [0.15, 0.2) is 0 Å². The first-order valence-corrected chi connectivity index (χ1v) is 33.3. The van der Waals surface area contributed by atoms with Crippen molar-refractivity contribution in [1.29, 1.82) is 0 Å². The lowest BCUT2D eigenvalue weighted by Crippen LogP contribution is -2.45. The number of nitrogens with one attached hydrogen (secondary N) is 1. The van der Waals surface area contributed by atoms with Crippen LogP contribution in [-0.4, -0.2) is 47.4 Å². The molecule has 0 saturated heterocycles. The summed E-state index contributed by atoms with van der Waals surface area (Å²) >= 11 is 0. The van der Waals surface area contributed by atoms with Crippen LogP contribution in [0.1, 0.15) is 361 Å². The van der Waals surface area contributed by atoms with Crippen molar-refractivity contribution in [2.75, 3.05) is 13.2 Å². The fraction of sp³-hybridized carbons (Fsp3) is 0.882. The maximum absolute atomic E-state index is 12.5. The molecule has 3 N–H and O–H groups in total. The van der Waals surface area contributed by atoms with Crippen LogP contribution in [0.5, 0.6) is 0 Å². The number of esters is 1. The molecule has 0 aliphatic heterocycles. The molecule has 2 atom stereocenters. The molecular weight excluding hydrogens is 911 g/mol. The smallest absolute Gasteiger partial charge is 0.305 e. The van der Waals surface area contributed by atoms with E-state index in [9.17, 15) is 19.8 Å². The van der Waals surface area contributed by atoms with E-state index in [4.69, 9.17) is 4.74 Å². The number of amides is 1. The van der Waals surface area contributed by atoms with Gasteiger partial charge in [0.1, 0.15) is 0 Å². The van der Waals surface area contributed by atoms with Crippen LogP contribution >= 0.6 is 0 Å². The first kappa shape index (κ1) is 72.1. The number of allylic oxidation sites excluding steroid dienone is 5. The Balaban J connectivity index is 3.40. The summed E-state index contributed by atoms with van der Waals surface area (Å²) in [6.45, 7) is 4.91. The molecule has 0 rings (SSSR count). The lowest BCUT2D eigenvalue weighted by molar-refractivity contribution is -0.143. The number of aliphatic hydroxyl groups is 2. The molecule has 6 nitrogen and oxygen atoms in total. The number of aliphatic hydroxyl groups excluding tert-OH is 2. The highest BCUT2D eigenvalue weighted by atomic mass is 16.5. The molecule has 0 aliphatic carbocycles. The SMILES string of the molecule is CCCCCCCC/C=C\CCCCCCCC(=O)OCCCCCCCCCCCCCC/C=C\CCCCCCCCCCCCCC(=O)NC(CO)C(O)/C=C/CCCCCCCCCCCCCCC. The Morgan fingerprint density at radius 1 is 0.365 bits per heavy atom. The summed E-state index contributed by atoms with van der Waals surface area (Å²) in [5.41, 5.74) is 0. The molecule has 0 aliphatic rings. The van der Waals surface area contributed by atoms with Crippen molar-refractivity contribution in [2.45, 2.75) is 373 Å². The number of ether oxygens (including phenoxy) is 1. The molecule has 0 saturated carbocycles. The van der Waals surface area contributed by atoms with Gasteiger partial charge in [-0.05, 0) is 83.5 Å². The Bertz CT molecular complexity index is 1200. The molecule has 0 radical (unpaired) electrons. The molecule has 0 aromatic carbocycles. The van der Waals surface area contributed by atoms with Crippen LogP contribution in [0.2, 0.25) is 0 Å². The topological polar surface area (TPSA) is 95.9 Å². The van der Waals surface area contributed by atoms with Crippen molar-refractivity contribution in [1.82, 2.24) is 5.32 Å². The van der Waals surface area contributed by atoms with Crippen molar-refractivity contribution in [2.24, 2.45) is 0 Å². The number of rotatable bonds is 62. The van der Waals surface area contributed by atoms with Crippen molar-refractivity contribution >= 4 is 11.9 Å². The molecular formula is C68H129NO5. The predicted octanol–water partition coefficient (Wildman–Crippen LogP) is 21.1. The standard InChI is InChI=1S/C68H129NO5/c1-3-5-7-9-11-13-15-17-32-36-40-44-48-52-56-60-66(71)65(64-70)69-67(72)61-57-53-49-45-41-37-34-30-28-26-24-22-20-19-21-23-25-27-29-31-35-39-43-47-51-55-59-63-74-68(73)62-58-54-50-46-42-38-33-18-16-14-12-10-8-6-4-2/h18-20,33,56,60,65-66,70-71H,3-17,21-32,34-55,57-59,61-64H2,1-2H3,(H,69,72)/b20-19-,33-18-,60-56+. The average molecular weight is 1040 g/mol. The Kier molecular flexibility index (Phi) is 62.0. The Morgan fingerprint density at radius 3 is 0.959 bits per heavy atom. The van der Waals surface area contributed by atoms with E-state index in [1.807, 2.05) is 6.08 Å². The second-order valence-corrected chi connectivity index (χ2v) is 22.8. The van der Waals surface area contributed by atoms with Gasteiger partial charge in [0.2, 0.25) is 5.91 Å². The van der Waals surface area contributed by atoms with E-state index in [1.165, 1.54) is 289 Å². The molecule has 0 aromatic rings. The highest BCUT2D eigenvalue weighted by molar-refractivity contribution is 5.76. The molecule has 0 spiro atoms. The molecule has 1 amide bonds. The van der Waals surface area contributed by atoms with E-state index in [0.29, 0.717) is 19.4 Å². The van der Waals surface area contributed by atoms with Crippen LogP contribution < -0.4 is 5.32 Å². The maximum Gasteiger partial charge on any atom is 0.305 e. The maximum atomic E-state index is 12.5. The summed E-state index contributed by atoms with van der Waals surface area (Å²) < 4.78 is 5.49.